The van der Waals surface area contributed by atoms with Gasteiger partial charge in [0.1, 0.15) is 0 Å². The molecule has 1 aromatic carbocycles. The Morgan fingerprint density at radius 1 is 1.48 bits per heavy atom. The Hall–Kier alpha value is -1.30. The zero-order chi connectivity index (χ0) is 15.6. The first-order chi connectivity index (χ1) is 9.90. The van der Waals surface area contributed by atoms with Crippen molar-refractivity contribution in [2.45, 2.75) is 13.0 Å². The maximum absolute atomic E-state index is 12.1. The van der Waals surface area contributed by atoms with Crippen molar-refractivity contribution in [2.75, 3.05) is 26.7 Å². The van der Waals surface area contributed by atoms with Gasteiger partial charge in [-0.05, 0) is 31.7 Å². The number of rotatable bonds is 4. The van der Waals surface area contributed by atoms with Crippen LogP contribution in [0.5, 0.6) is 0 Å². The number of carbonyl (C=O) groups excluding carboxylic acids is 2. The molecule has 0 aromatic heterocycles. The van der Waals surface area contributed by atoms with Gasteiger partial charge in [-0.25, -0.2) is 4.79 Å². The van der Waals surface area contributed by atoms with Crippen LogP contribution in [0.1, 0.15) is 18.5 Å². The minimum Gasteiger partial charge on any atom is -0.336 e. The fourth-order valence-electron chi connectivity index (χ4n) is 2.22. The molecule has 1 N–H and O–H groups in total. The number of imide groups is 1. The molecule has 1 aromatic rings. The lowest BCUT2D eigenvalue weighted by atomic mass is 10.1. The summed E-state index contributed by atoms with van der Waals surface area (Å²) < 4.78 is 0. The van der Waals surface area contributed by atoms with Gasteiger partial charge < -0.3 is 5.32 Å². The van der Waals surface area contributed by atoms with Gasteiger partial charge in [0.05, 0.1) is 6.54 Å². The predicted octanol–water partition coefficient (Wildman–Crippen LogP) is 2.54. The van der Waals surface area contributed by atoms with E-state index in [1.807, 2.05) is 24.9 Å². The number of hydrogen-bond acceptors (Lipinski definition) is 3. The second-order valence-electron chi connectivity index (χ2n) is 5.03. The molecule has 0 aliphatic carbocycles. The van der Waals surface area contributed by atoms with Crippen LogP contribution < -0.4 is 5.32 Å². The first-order valence-corrected chi connectivity index (χ1v) is 7.39. The number of hydrogen-bond donors (Lipinski definition) is 1. The minimum absolute atomic E-state index is 0.0654. The third kappa shape index (κ3) is 3.67. The predicted molar refractivity (Wildman–Crippen MR) is 82.6 cm³/mol. The van der Waals surface area contributed by atoms with Crippen LogP contribution in [0.15, 0.2) is 18.2 Å². The lowest BCUT2D eigenvalue weighted by Crippen LogP contribution is -2.41. The Morgan fingerprint density at radius 2 is 2.19 bits per heavy atom. The zero-order valence-electron chi connectivity index (χ0n) is 11.9. The summed E-state index contributed by atoms with van der Waals surface area (Å²) in [7, 11) is 1.82. The highest BCUT2D eigenvalue weighted by Gasteiger charge is 2.28. The van der Waals surface area contributed by atoms with Crippen LogP contribution in [-0.2, 0) is 4.79 Å². The molecule has 0 radical (unpaired) electrons. The average molecular weight is 330 g/mol. The summed E-state index contributed by atoms with van der Waals surface area (Å²) in [6.45, 7) is 3.02. The maximum Gasteiger partial charge on any atom is 0.324 e. The van der Waals surface area contributed by atoms with Crippen molar-refractivity contribution in [3.05, 3.63) is 33.8 Å². The minimum atomic E-state index is -0.328. The number of benzene rings is 1. The smallest absolute Gasteiger partial charge is 0.324 e. The lowest BCUT2D eigenvalue weighted by Gasteiger charge is -2.26. The average Bonchev–Trinajstić information content (AvgIpc) is 2.84. The molecule has 0 unspecified atom stereocenters. The van der Waals surface area contributed by atoms with Gasteiger partial charge in [0.15, 0.2) is 0 Å². The molecule has 1 heterocycles. The summed E-state index contributed by atoms with van der Waals surface area (Å²) in [6, 6.07) is 4.90. The van der Waals surface area contributed by atoms with Gasteiger partial charge in [0.25, 0.3) is 0 Å². The van der Waals surface area contributed by atoms with Crippen LogP contribution in [0.3, 0.4) is 0 Å². The second kappa shape index (κ2) is 6.64. The van der Waals surface area contributed by atoms with E-state index in [0.29, 0.717) is 23.1 Å². The van der Waals surface area contributed by atoms with E-state index >= 15 is 0 Å². The van der Waals surface area contributed by atoms with Crippen LogP contribution in [0.4, 0.5) is 4.79 Å². The monoisotopic (exact) mass is 329 g/mol. The van der Waals surface area contributed by atoms with Crippen LogP contribution in [0.25, 0.3) is 0 Å². The van der Waals surface area contributed by atoms with E-state index in [-0.39, 0.29) is 24.5 Å². The third-order valence-corrected chi connectivity index (χ3v) is 4.18. The van der Waals surface area contributed by atoms with Gasteiger partial charge in [-0.15, -0.1) is 0 Å². The number of likely N-dealkylation sites (N-methyl/N-ethyl adjacent to an activating group) is 1. The highest BCUT2D eigenvalue weighted by molar-refractivity contribution is 6.35. The maximum atomic E-state index is 12.1. The quantitative estimate of drug-likeness (QED) is 0.923. The van der Waals surface area contributed by atoms with Crippen LogP contribution in [0, 0.1) is 0 Å². The summed E-state index contributed by atoms with van der Waals surface area (Å²) >= 11 is 12.1. The Labute approximate surface area is 133 Å². The van der Waals surface area contributed by atoms with Crippen molar-refractivity contribution < 1.29 is 9.59 Å². The van der Waals surface area contributed by atoms with E-state index in [1.165, 1.54) is 4.90 Å². The molecule has 3 amide bonds. The van der Waals surface area contributed by atoms with Gasteiger partial charge >= 0.3 is 6.03 Å². The van der Waals surface area contributed by atoms with E-state index in [0.717, 1.165) is 5.56 Å². The molecule has 0 saturated carbocycles. The van der Waals surface area contributed by atoms with Crippen molar-refractivity contribution in [1.82, 2.24) is 15.1 Å². The SMILES string of the molecule is C[C@@H](c1ccc(Cl)cc1Cl)N(C)CC(=O)N1CCNC1=O. The van der Waals surface area contributed by atoms with Crippen molar-refractivity contribution in [3.63, 3.8) is 0 Å². The Morgan fingerprint density at radius 3 is 2.76 bits per heavy atom. The van der Waals surface area contributed by atoms with Crippen LogP contribution >= 0.6 is 23.2 Å². The molecule has 21 heavy (non-hydrogen) atoms. The second-order valence-corrected chi connectivity index (χ2v) is 5.88. The molecule has 1 saturated heterocycles. The summed E-state index contributed by atoms with van der Waals surface area (Å²) in [5, 5.41) is 3.75. The van der Waals surface area contributed by atoms with Crippen molar-refractivity contribution >= 4 is 35.1 Å². The molecular formula is C14H17Cl2N3O2. The van der Waals surface area contributed by atoms with Gasteiger partial charge in [-0.1, -0.05) is 29.3 Å². The summed E-state index contributed by atoms with van der Waals surface area (Å²) in [4.78, 5) is 26.7. The molecule has 0 bridgehead atoms. The summed E-state index contributed by atoms with van der Waals surface area (Å²) in [5.41, 5.74) is 0.891. The molecule has 1 atom stereocenters. The molecule has 7 heteroatoms. The van der Waals surface area contributed by atoms with Crippen molar-refractivity contribution in [2.24, 2.45) is 0 Å². The van der Waals surface area contributed by atoms with E-state index in [4.69, 9.17) is 23.2 Å². The topological polar surface area (TPSA) is 52.7 Å². The van der Waals surface area contributed by atoms with E-state index in [2.05, 4.69) is 5.32 Å². The number of nitrogens with one attached hydrogen (secondary N) is 1. The molecule has 2 rings (SSSR count). The molecule has 1 aliphatic rings. The van der Waals surface area contributed by atoms with Gasteiger partial charge in [0.2, 0.25) is 5.91 Å². The highest BCUT2D eigenvalue weighted by atomic mass is 35.5. The Bertz CT molecular complexity index is 565. The van der Waals surface area contributed by atoms with Crippen LogP contribution in [0.2, 0.25) is 10.0 Å². The molecule has 1 aliphatic heterocycles. The fourth-order valence-corrected chi connectivity index (χ4v) is 2.79. The van der Waals surface area contributed by atoms with Gasteiger partial charge in [-0.3, -0.25) is 14.6 Å². The lowest BCUT2D eigenvalue weighted by molar-refractivity contribution is -0.128. The van der Waals surface area contributed by atoms with Gasteiger partial charge in [-0.2, -0.15) is 0 Å². The number of urea groups is 1. The van der Waals surface area contributed by atoms with Crippen molar-refractivity contribution in [3.8, 4) is 0 Å². The summed E-state index contributed by atoms with van der Waals surface area (Å²) in [6.07, 6.45) is 0. The zero-order valence-corrected chi connectivity index (χ0v) is 13.4. The molecule has 114 valence electrons. The first kappa shape index (κ1) is 16.1. The molecule has 5 nitrogen and oxygen atoms in total. The molecule has 0 spiro atoms. The summed E-state index contributed by atoms with van der Waals surface area (Å²) in [5.74, 6) is -0.218. The normalized spacial score (nSPS) is 16.2. The Kier molecular flexibility index (Phi) is 5.08. The molecular weight excluding hydrogens is 313 g/mol. The third-order valence-electron chi connectivity index (χ3n) is 3.62. The van der Waals surface area contributed by atoms with E-state index in [1.54, 1.807) is 12.1 Å². The number of nitrogens with zero attached hydrogens (tertiary/aromatic N) is 2. The standard InChI is InChI=1S/C14H17Cl2N3O2/c1-9(11-4-3-10(15)7-12(11)16)18(2)8-13(20)19-6-5-17-14(19)21/h3-4,7,9H,5-6,8H2,1-2H3,(H,17,21)/t9-/m0/s1. The van der Waals surface area contributed by atoms with E-state index in [9.17, 15) is 9.59 Å². The fraction of sp³-hybridized carbons (Fsp3) is 0.429. The van der Waals surface area contributed by atoms with Crippen molar-refractivity contribution in [1.29, 1.82) is 0 Å². The first-order valence-electron chi connectivity index (χ1n) is 6.63. The largest absolute Gasteiger partial charge is 0.336 e. The highest BCUT2D eigenvalue weighted by Crippen LogP contribution is 2.28. The number of carbonyl (C=O) groups is 2. The number of amides is 3. The van der Waals surface area contributed by atoms with Crippen LogP contribution in [-0.4, -0.2) is 48.4 Å². The molecule has 1 fully saturated rings. The van der Waals surface area contributed by atoms with Gasteiger partial charge in [0, 0.05) is 29.2 Å². The number of halogens is 2. The van der Waals surface area contributed by atoms with E-state index < -0.39 is 0 Å². The Balaban J connectivity index is 2.03.